The molecule has 0 saturated carbocycles. The minimum atomic E-state index is -1.06. The van der Waals surface area contributed by atoms with Crippen LogP contribution in [0.2, 0.25) is 0 Å². The molecule has 2 aromatic heterocycles. The number of nitrogens with zero attached hydrogens (tertiary/aromatic N) is 4. The predicted molar refractivity (Wildman–Crippen MR) is 70.4 cm³/mol. The second kappa shape index (κ2) is 5.55. The minimum absolute atomic E-state index is 0.0651. The van der Waals surface area contributed by atoms with E-state index in [0.29, 0.717) is 5.69 Å². The van der Waals surface area contributed by atoms with Crippen LogP contribution in [0.15, 0.2) is 18.5 Å². The van der Waals surface area contributed by atoms with Crippen molar-refractivity contribution in [1.82, 2.24) is 19.6 Å². The lowest BCUT2D eigenvalue weighted by molar-refractivity contribution is -0.116. The van der Waals surface area contributed by atoms with Crippen LogP contribution in [0.1, 0.15) is 22.6 Å². The molecule has 0 spiro atoms. The molecule has 2 aromatic rings. The van der Waals surface area contributed by atoms with Crippen LogP contribution in [0.25, 0.3) is 0 Å². The van der Waals surface area contributed by atoms with Crippen molar-refractivity contribution in [2.75, 3.05) is 5.32 Å². The van der Waals surface area contributed by atoms with Crippen LogP contribution in [0, 0.1) is 6.92 Å². The van der Waals surface area contributed by atoms with Gasteiger partial charge in [-0.3, -0.25) is 14.2 Å². The maximum atomic E-state index is 11.8. The molecule has 20 heavy (non-hydrogen) atoms. The van der Waals surface area contributed by atoms with Crippen molar-refractivity contribution in [3.05, 3.63) is 29.8 Å². The number of aromatic carboxylic acids is 1. The van der Waals surface area contributed by atoms with Gasteiger partial charge in [-0.1, -0.05) is 0 Å². The van der Waals surface area contributed by atoms with Gasteiger partial charge in [-0.25, -0.2) is 4.79 Å². The van der Waals surface area contributed by atoms with Crippen LogP contribution >= 0.6 is 0 Å². The van der Waals surface area contributed by atoms with Gasteiger partial charge in [-0.15, -0.1) is 0 Å². The van der Waals surface area contributed by atoms with E-state index in [4.69, 9.17) is 5.11 Å². The first kappa shape index (κ1) is 13.8. The van der Waals surface area contributed by atoms with Crippen LogP contribution in [-0.2, 0) is 18.4 Å². The van der Waals surface area contributed by atoms with E-state index in [1.807, 2.05) is 0 Å². The number of hydrogen-bond acceptors (Lipinski definition) is 4. The number of carboxylic acids is 1. The Balaban J connectivity index is 1.94. The maximum absolute atomic E-state index is 11.8. The van der Waals surface area contributed by atoms with E-state index < -0.39 is 5.97 Å². The fourth-order valence-corrected chi connectivity index (χ4v) is 1.83. The van der Waals surface area contributed by atoms with Gasteiger partial charge in [0.1, 0.15) is 5.69 Å². The lowest BCUT2D eigenvalue weighted by atomic mass is 10.3. The molecule has 0 aromatic carbocycles. The van der Waals surface area contributed by atoms with Crippen LogP contribution in [-0.4, -0.2) is 36.5 Å². The quantitative estimate of drug-likeness (QED) is 0.835. The van der Waals surface area contributed by atoms with E-state index in [1.165, 1.54) is 16.9 Å². The molecular weight excluding hydrogens is 262 g/mol. The van der Waals surface area contributed by atoms with Crippen LogP contribution < -0.4 is 5.32 Å². The third-order valence-corrected chi connectivity index (χ3v) is 2.77. The largest absolute Gasteiger partial charge is 0.477 e. The Labute approximate surface area is 115 Å². The molecule has 106 valence electrons. The highest BCUT2D eigenvalue weighted by Gasteiger charge is 2.12. The van der Waals surface area contributed by atoms with Crippen molar-refractivity contribution in [2.45, 2.75) is 19.9 Å². The molecule has 0 atom stereocenters. The summed E-state index contributed by atoms with van der Waals surface area (Å²) in [5, 5.41) is 19.6. The van der Waals surface area contributed by atoms with E-state index >= 15 is 0 Å². The molecule has 0 bridgehead atoms. The van der Waals surface area contributed by atoms with Gasteiger partial charge in [-0.05, 0) is 13.0 Å². The zero-order valence-corrected chi connectivity index (χ0v) is 11.2. The normalized spacial score (nSPS) is 10.5. The first-order chi connectivity index (χ1) is 9.47. The van der Waals surface area contributed by atoms with Crippen LogP contribution in [0.4, 0.5) is 5.69 Å². The summed E-state index contributed by atoms with van der Waals surface area (Å²) >= 11 is 0. The van der Waals surface area contributed by atoms with E-state index in [9.17, 15) is 9.59 Å². The van der Waals surface area contributed by atoms with Crippen LogP contribution in [0.5, 0.6) is 0 Å². The molecule has 8 heteroatoms. The Morgan fingerprint density at radius 3 is 2.80 bits per heavy atom. The summed E-state index contributed by atoms with van der Waals surface area (Å²) in [5.41, 5.74) is 1.44. The second-order valence-corrected chi connectivity index (χ2v) is 4.34. The number of aromatic nitrogens is 4. The standard InChI is InChI=1S/C12H15N5O3/c1-8-9(7-16(2)15-8)14-11(18)4-6-17-10(12(19)20)3-5-13-17/h3,5,7H,4,6H2,1-2H3,(H,14,18)(H,19,20). The summed E-state index contributed by atoms with van der Waals surface area (Å²) in [6.07, 6.45) is 3.24. The summed E-state index contributed by atoms with van der Waals surface area (Å²) in [5.74, 6) is -1.28. The van der Waals surface area contributed by atoms with Gasteiger partial charge in [0.05, 0.1) is 17.9 Å². The van der Waals surface area contributed by atoms with Gasteiger partial charge in [0.25, 0.3) is 0 Å². The second-order valence-electron chi connectivity index (χ2n) is 4.34. The predicted octanol–water partition coefficient (Wildman–Crippen LogP) is 0.652. The lowest BCUT2D eigenvalue weighted by Gasteiger charge is -2.05. The topological polar surface area (TPSA) is 102 Å². The molecule has 0 fully saturated rings. The third kappa shape index (κ3) is 3.02. The molecule has 0 radical (unpaired) electrons. The maximum Gasteiger partial charge on any atom is 0.354 e. The number of carboxylic acid groups (broad SMARTS) is 1. The van der Waals surface area contributed by atoms with E-state index in [0.717, 1.165) is 5.69 Å². The Kier molecular flexibility index (Phi) is 3.83. The number of carbonyl (C=O) groups is 2. The molecule has 0 saturated heterocycles. The monoisotopic (exact) mass is 277 g/mol. The van der Waals surface area contributed by atoms with Gasteiger partial charge in [-0.2, -0.15) is 10.2 Å². The smallest absolute Gasteiger partial charge is 0.354 e. The van der Waals surface area contributed by atoms with Gasteiger partial charge < -0.3 is 10.4 Å². The molecule has 2 rings (SSSR count). The SMILES string of the molecule is Cc1nn(C)cc1NC(=O)CCn1nccc1C(=O)O. The lowest BCUT2D eigenvalue weighted by Crippen LogP contribution is -2.17. The average molecular weight is 277 g/mol. The Morgan fingerprint density at radius 1 is 1.45 bits per heavy atom. The highest BCUT2D eigenvalue weighted by Crippen LogP contribution is 2.11. The summed E-state index contributed by atoms with van der Waals surface area (Å²) in [7, 11) is 1.77. The molecule has 1 amide bonds. The van der Waals surface area contributed by atoms with Crippen molar-refractivity contribution < 1.29 is 14.7 Å². The number of nitrogens with one attached hydrogen (secondary N) is 1. The summed E-state index contributed by atoms with van der Waals surface area (Å²) in [4.78, 5) is 22.7. The van der Waals surface area contributed by atoms with Gasteiger partial charge in [0, 0.05) is 25.9 Å². The minimum Gasteiger partial charge on any atom is -0.477 e. The molecule has 0 aliphatic rings. The van der Waals surface area contributed by atoms with Crippen LogP contribution in [0.3, 0.4) is 0 Å². The van der Waals surface area contributed by atoms with E-state index in [1.54, 1.807) is 24.9 Å². The Morgan fingerprint density at radius 2 is 2.20 bits per heavy atom. The van der Waals surface area contributed by atoms with Gasteiger partial charge in [0.15, 0.2) is 0 Å². The molecule has 0 aliphatic carbocycles. The zero-order chi connectivity index (χ0) is 14.7. The number of anilines is 1. The van der Waals surface area contributed by atoms with Crippen molar-refractivity contribution in [2.24, 2.45) is 7.05 Å². The van der Waals surface area contributed by atoms with Gasteiger partial charge in [0.2, 0.25) is 5.91 Å². The first-order valence-electron chi connectivity index (χ1n) is 6.02. The molecule has 2 heterocycles. The number of hydrogen-bond donors (Lipinski definition) is 2. The molecule has 2 N–H and O–H groups in total. The molecule has 0 aliphatic heterocycles. The highest BCUT2D eigenvalue weighted by atomic mass is 16.4. The summed E-state index contributed by atoms with van der Waals surface area (Å²) in [6, 6.07) is 1.39. The van der Waals surface area contributed by atoms with Crippen molar-refractivity contribution in [1.29, 1.82) is 0 Å². The third-order valence-electron chi connectivity index (χ3n) is 2.77. The van der Waals surface area contributed by atoms with E-state index in [-0.39, 0.29) is 24.6 Å². The van der Waals surface area contributed by atoms with E-state index in [2.05, 4.69) is 15.5 Å². The summed E-state index contributed by atoms with van der Waals surface area (Å²) in [6.45, 7) is 2.01. The summed E-state index contributed by atoms with van der Waals surface area (Å²) < 4.78 is 2.90. The van der Waals surface area contributed by atoms with Gasteiger partial charge >= 0.3 is 5.97 Å². The molecule has 0 unspecified atom stereocenters. The number of rotatable bonds is 5. The number of amides is 1. The first-order valence-corrected chi connectivity index (χ1v) is 6.02. The highest BCUT2D eigenvalue weighted by molar-refractivity contribution is 5.91. The van der Waals surface area contributed by atoms with Crippen molar-refractivity contribution in [3.63, 3.8) is 0 Å². The molecular formula is C12H15N5O3. The fourth-order valence-electron chi connectivity index (χ4n) is 1.83. The zero-order valence-electron chi connectivity index (χ0n) is 11.2. The Bertz CT molecular complexity index is 643. The average Bonchev–Trinajstić information content (AvgIpc) is 2.94. The Hall–Kier alpha value is -2.64. The van der Waals surface area contributed by atoms with Crippen molar-refractivity contribution in [3.8, 4) is 0 Å². The number of aryl methyl sites for hydroxylation is 3. The van der Waals surface area contributed by atoms with Crippen molar-refractivity contribution >= 4 is 17.6 Å². The fraction of sp³-hybridized carbons (Fsp3) is 0.333. The molecule has 8 nitrogen and oxygen atoms in total. The number of carbonyl (C=O) groups excluding carboxylic acids is 1.